The maximum absolute atomic E-state index is 5.90. The molecule has 0 aliphatic heterocycles. The lowest BCUT2D eigenvalue weighted by Gasteiger charge is -2.09. The number of thioether (sulfide) groups is 1. The minimum atomic E-state index is 0.330. The van der Waals surface area contributed by atoms with Crippen LogP contribution in [-0.2, 0) is 5.75 Å². The van der Waals surface area contributed by atoms with Crippen LogP contribution in [0.25, 0.3) is 0 Å². The van der Waals surface area contributed by atoms with Crippen molar-refractivity contribution in [3.05, 3.63) is 18.0 Å². The lowest BCUT2D eigenvalue weighted by Crippen LogP contribution is -2.21. The predicted octanol–water partition coefficient (Wildman–Crippen LogP) is 2.97. The first kappa shape index (κ1) is 13.0. The molecule has 1 unspecified atom stereocenters. The summed E-state index contributed by atoms with van der Waals surface area (Å²) in [6.07, 6.45) is 8.53. The van der Waals surface area contributed by atoms with Gasteiger partial charge < -0.3 is 5.73 Å². The minimum absolute atomic E-state index is 0.330. The zero-order chi connectivity index (χ0) is 12.1. The van der Waals surface area contributed by atoms with Crippen LogP contribution in [0.15, 0.2) is 12.3 Å². The van der Waals surface area contributed by atoms with Gasteiger partial charge in [-0.05, 0) is 25.3 Å². The molecule has 2 rings (SSSR count). The first-order valence-electron chi connectivity index (χ1n) is 6.67. The monoisotopic (exact) mass is 253 g/mol. The van der Waals surface area contributed by atoms with Gasteiger partial charge in [-0.15, -0.1) is 0 Å². The Morgan fingerprint density at radius 3 is 3.00 bits per heavy atom. The van der Waals surface area contributed by atoms with E-state index in [1.165, 1.54) is 31.4 Å². The molecule has 2 N–H and O–H groups in total. The van der Waals surface area contributed by atoms with Crippen molar-refractivity contribution < 1.29 is 0 Å². The Hall–Kier alpha value is -0.480. The van der Waals surface area contributed by atoms with Gasteiger partial charge in [-0.3, -0.25) is 4.68 Å². The van der Waals surface area contributed by atoms with Crippen LogP contribution in [-0.4, -0.2) is 21.6 Å². The SMILES string of the molecule is CCC(N)CSCc1ccn(C2CCCC2)n1. The molecule has 17 heavy (non-hydrogen) atoms. The Morgan fingerprint density at radius 1 is 1.53 bits per heavy atom. The molecular weight excluding hydrogens is 230 g/mol. The predicted molar refractivity (Wildman–Crippen MR) is 74.2 cm³/mol. The van der Waals surface area contributed by atoms with Crippen LogP contribution in [0.4, 0.5) is 0 Å². The Morgan fingerprint density at radius 2 is 2.29 bits per heavy atom. The number of rotatable bonds is 6. The second-order valence-electron chi connectivity index (χ2n) is 4.91. The number of hydrogen-bond donors (Lipinski definition) is 1. The largest absolute Gasteiger partial charge is 0.327 e. The molecule has 0 aromatic carbocycles. The van der Waals surface area contributed by atoms with Crippen LogP contribution in [0, 0.1) is 0 Å². The number of aromatic nitrogens is 2. The van der Waals surface area contributed by atoms with Crippen molar-refractivity contribution in [3.8, 4) is 0 Å². The summed E-state index contributed by atoms with van der Waals surface area (Å²) in [5, 5.41) is 4.67. The van der Waals surface area contributed by atoms with E-state index in [1.54, 1.807) is 0 Å². The van der Waals surface area contributed by atoms with Crippen LogP contribution in [0.2, 0.25) is 0 Å². The zero-order valence-corrected chi connectivity index (χ0v) is 11.5. The summed E-state index contributed by atoms with van der Waals surface area (Å²) in [5.41, 5.74) is 7.09. The highest BCUT2D eigenvalue weighted by atomic mass is 32.2. The molecule has 1 aromatic rings. The topological polar surface area (TPSA) is 43.8 Å². The van der Waals surface area contributed by atoms with Gasteiger partial charge in [0, 0.05) is 23.7 Å². The zero-order valence-electron chi connectivity index (χ0n) is 10.6. The van der Waals surface area contributed by atoms with Crippen molar-refractivity contribution in [2.24, 2.45) is 5.73 Å². The van der Waals surface area contributed by atoms with Crippen LogP contribution in [0.3, 0.4) is 0 Å². The maximum atomic E-state index is 5.90. The van der Waals surface area contributed by atoms with Gasteiger partial charge in [-0.2, -0.15) is 16.9 Å². The highest BCUT2D eigenvalue weighted by molar-refractivity contribution is 7.98. The van der Waals surface area contributed by atoms with Gasteiger partial charge in [-0.1, -0.05) is 19.8 Å². The molecule has 1 fully saturated rings. The van der Waals surface area contributed by atoms with Gasteiger partial charge in [0.05, 0.1) is 11.7 Å². The quantitative estimate of drug-likeness (QED) is 0.847. The summed E-state index contributed by atoms with van der Waals surface area (Å²) in [4.78, 5) is 0. The summed E-state index contributed by atoms with van der Waals surface area (Å²) in [7, 11) is 0. The summed E-state index contributed by atoms with van der Waals surface area (Å²) < 4.78 is 2.17. The average molecular weight is 253 g/mol. The highest BCUT2D eigenvalue weighted by Gasteiger charge is 2.17. The van der Waals surface area contributed by atoms with Gasteiger partial charge in [0.2, 0.25) is 0 Å². The van der Waals surface area contributed by atoms with Crippen molar-refractivity contribution in [2.45, 2.75) is 56.9 Å². The van der Waals surface area contributed by atoms with E-state index in [1.807, 2.05) is 11.8 Å². The van der Waals surface area contributed by atoms with E-state index in [4.69, 9.17) is 5.73 Å². The normalized spacial score (nSPS) is 18.7. The maximum Gasteiger partial charge on any atom is 0.0723 e. The minimum Gasteiger partial charge on any atom is -0.327 e. The third-order valence-electron chi connectivity index (χ3n) is 3.47. The molecular formula is C13H23N3S. The number of hydrogen-bond acceptors (Lipinski definition) is 3. The fraction of sp³-hybridized carbons (Fsp3) is 0.769. The molecule has 1 aliphatic carbocycles. The van der Waals surface area contributed by atoms with Crippen molar-refractivity contribution >= 4 is 11.8 Å². The smallest absolute Gasteiger partial charge is 0.0723 e. The van der Waals surface area contributed by atoms with E-state index in [2.05, 4.69) is 29.0 Å². The Bertz CT molecular complexity index is 331. The molecule has 1 aliphatic rings. The fourth-order valence-corrected chi connectivity index (χ4v) is 3.28. The van der Waals surface area contributed by atoms with Gasteiger partial charge in [0.15, 0.2) is 0 Å². The van der Waals surface area contributed by atoms with Gasteiger partial charge in [0.25, 0.3) is 0 Å². The number of nitrogens with zero attached hydrogens (tertiary/aromatic N) is 2. The van der Waals surface area contributed by atoms with E-state index >= 15 is 0 Å². The molecule has 0 spiro atoms. The summed E-state index contributed by atoms with van der Waals surface area (Å²) in [6.45, 7) is 2.14. The third kappa shape index (κ3) is 3.75. The van der Waals surface area contributed by atoms with Crippen molar-refractivity contribution in [1.29, 1.82) is 0 Å². The Labute approximate surface area is 108 Å². The lowest BCUT2D eigenvalue weighted by molar-refractivity contribution is 0.464. The second kappa shape index (κ2) is 6.45. The van der Waals surface area contributed by atoms with Gasteiger partial charge in [0.1, 0.15) is 0 Å². The Kier molecular flexibility index (Phi) is 4.92. The standard InChI is InChI=1S/C13H23N3S/c1-2-11(14)9-17-10-12-7-8-16(15-12)13-5-3-4-6-13/h7-8,11,13H,2-6,9-10,14H2,1H3. The van der Waals surface area contributed by atoms with Crippen molar-refractivity contribution in [3.63, 3.8) is 0 Å². The molecule has 3 nitrogen and oxygen atoms in total. The number of nitrogens with two attached hydrogens (primary N) is 1. The van der Waals surface area contributed by atoms with Crippen LogP contribution in [0.5, 0.6) is 0 Å². The van der Waals surface area contributed by atoms with Gasteiger partial charge in [-0.25, -0.2) is 0 Å². The van der Waals surface area contributed by atoms with E-state index in [0.29, 0.717) is 12.1 Å². The molecule has 4 heteroatoms. The highest BCUT2D eigenvalue weighted by Crippen LogP contribution is 2.29. The molecule has 0 radical (unpaired) electrons. The van der Waals surface area contributed by atoms with Crippen molar-refractivity contribution in [2.75, 3.05) is 5.75 Å². The van der Waals surface area contributed by atoms with Crippen LogP contribution >= 0.6 is 11.8 Å². The lowest BCUT2D eigenvalue weighted by atomic mass is 10.3. The van der Waals surface area contributed by atoms with Crippen molar-refractivity contribution in [1.82, 2.24) is 9.78 Å². The van der Waals surface area contributed by atoms with E-state index in [-0.39, 0.29) is 0 Å². The molecule has 0 bridgehead atoms. The third-order valence-corrected chi connectivity index (χ3v) is 4.63. The summed E-state index contributed by atoms with van der Waals surface area (Å²) in [5.74, 6) is 2.03. The summed E-state index contributed by atoms with van der Waals surface area (Å²) >= 11 is 1.89. The average Bonchev–Trinajstić information content (AvgIpc) is 2.98. The first-order valence-corrected chi connectivity index (χ1v) is 7.82. The fourth-order valence-electron chi connectivity index (χ4n) is 2.26. The molecule has 96 valence electrons. The van der Waals surface area contributed by atoms with Crippen LogP contribution in [0.1, 0.15) is 50.8 Å². The first-order chi connectivity index (χ1) is 8.29. The molecule has 1 aromatic heterocycles. The van der Waals surface area contributed by atoms with Gasteiger partial charge >= 0.3 is 0 Å². The van der Waals surface area contributed by atoms with E-state index in [0.717, 1.165) is 17.9 Å². The van der Waals surface area contributed by atoms with E-state index < -0.39 is 0 Å². The molecule has 0 saturated heterocycles. The van der Waals surface area contributed by atoms with E-state index in [9.17, 15) is 0 Å². The molecule has 1 atom stereocenters. The second-order valence-corrected chi connectivity index (χ2v) is 5.94. The molecule has 1 saturated carbocycles. The molecule has 0 amide bonds. The molecule has 1 heterocycles. The van der Waals surface area contributed by atoms with Crippen LogP contribution < -0.4 is 5.73 Å². The Balaban J connectivity index is 1.77. The summed E-state index contributed by atoms with van der Waals surface area (Å²) in [6, 6.07) is 3.14.